The van der Waals surface area contributed by atoms with E-state index < -0.39 is 11.9 Å². The van der Waals surface area contributed by atoms with Gasteiger partial charge in [0.05, 0.1) is 13.1 Å². The number of carboxylic acid groups (broad SMARTS) is 2. The highest BCUT2D eigenvalue weighted by atomic mass is 16.4. The van der Waals surface area contributed by atoms with Crippen molar-refractivity contribution in [1.29, 1.82) is 0 Å². The molecule has 1 amide bonds. The lowest BCUT2D eigenvalue weighted by Crippen LogP contribution is -2.40. The molecule has 0 bridgehead atoms. The van der Waals surface area contributed by atoms with Gasteiger partial charge in [-0.2, -0.15) is 0 Å². The van der Waals surface area contributed by atoms with E-state index in [2.05, 4.69) is 0 Å². The van der Waals surface area contributed by atoms with E-state index in [4.69, 9.17) is 10.2 Å². The molecule has 0 radical (unpaired) electrons. The predicted octanol–water partition coefficient (Wildman–Crippen LogP) is 0.114. The lowest BCUT2D eigenvalue weighted by molar-refractivity contribution is -0.141. The Balaban J connectivity index is 1.94. The molecule has 0 atom stereocenters. The van der Waals surface area contributed by atoms with Crippen molar-refractivity contribution in [2.75, 3.05) is 26.2 Å². The number of carboxylic acids is 2. The summed E-state index contributed by atoms with van der Waals surface area (Å²) in [6.07, 6.45) is 0. The molecule has 1 aliphatic rings. The Bertz CT molecular complexity index is 556. The minimum absolute atomic E-state index is 0.101. The van der Waals surface area contributed by atoms with E-state index in [1.807, 2.05) is 12.1 Å². The summed E-state index contributed by atoms with van der Waals surface area (Å²) in [4.78, 5) is 36.4. The minimum Gasteiger partial charge on any atom is -0.480 e. The van der Waals surface area contributed by atoms with E-state index in [9.17, 15) is 14.4 Å². The summed E-state index contributed by atoms with van der Waals surface area (Å²) in [5.41, 5.74) is 1.59. The minimum atomic E-state index is -1.09. The highest BCUT2D eigenvalue weighted by molar-refractivity contribution is 5.98. The molecule has 0 spiro atoms. The van der Waals surface area contributed by atoms with Crippen LogP contribution in [0.3, 0.4) is 0 Å². The van der Waals surface area contributed by atoms with E-state index in [0.717, 1.165) is 5.56 Å². The summed E-state index contributed by atoms with van der Waals surface area (Å²) < 4.78 is 0. The SMILES string of the molecule is O=C(O)CN(CCN1Cc2ccccc2C1=O)CC(=O)O. The molecule has 2 N–H and O–H groups in total. The monoisotopic (exact) mass is 292 g/mol. The predicted molar refractivity (Wildman–Crippen MR) is 72.9 cm³/mol. The van der Waals surface area contributed by atoms with Crippen LogP contribution in [-0.2, 0) is 16.1 Å². The Hall–Kier alpha value is -2.41. The molecule has 7 heteroatoms. The van der Waals surface area contributed by atoms with Crippen molar-refractivity contribution in [2.24, 2.45) is 0 Å². The third kappa shape index (κ3) is 3.79. The van der Waals surface area contributed by atoms with Gasteiger partial charge in [0.25, 0.3) is 5.91 Å². The zero-order valence-electron chi connectivity index (χ0n) is 11.4. The topological polar surface area (TPSA) is 98.2 Å². The number of amides is 1. The van der Waals surface area contributed by atoms with Gasteiger partial charge in [0.2, 0.25) is 0 Å². The Morgan fingerprint density at radius 3 is 2.33 bits per heavy atom. The molecule has 1 aliphatic heterocycles. The zero-order chi connectivity index (χ0) is 15.4. The average molecular weight is 292 g/mol. The number of carbonyl (C=O) groups excluding carboxylic acids is 1. The lowest BCUT2D eigenvalue weighted by atomic mass is 10.1. The first kappa shape index (κ1) is 15.0. The smallest absolute Gasteiger partial charge is 0.317 e. The van der Waals surface area contributed by atoms with Crippen molar-refractivity contribution in [3.63, 3.8) is 0 Å². The number of rotatable bonds is 7. The molecule has 0 fully saturated rings. The van der Waals surface area contributed by atoms with Crippen LogP contribution in [0.25, 0.3) is 0 Å². The molecular formula is C14H16N2O5. The number of aliphatic carboxylic acids is 2. The maximum atomic E-state index is 12.1. The molecule has 112 valence electrons. The summed E-state index contributed by atoms with van der Waals surface area (Å²) in [6.45, 7) is 0.262. The second-order valence-electron chi connectivity index (χ2n) is 4.88. The van der Waals surface area contributed by atoms with Crippen molar-refractivity contribution >= 4 is 17.8 Å². The summed E-state index contributed by atoms with van der Waals surface area (Å²) in [7, 11) is 0. The third-order valence-electron chi connectivity index (χ3n) is 3.30. The number of carbonyl (C=O) groups is 3. The normalized spacial score (nSPS) is 13.6. The highest BCUT2D eigenvalue weighted by Gasteiger charge is 2.27. The Kier molecular flexibility index (Phi) is 4.54. The molecule has 1 heterocycles. The van der Waals surface area contributed by atoms with Gasteiger partial charge in [-0.1, -0.05) is 18.2 Å². The van der Waals surface area contributed by atoms with Crippen molar-refractivity contribution in [3.05, 3.63) is 35.4 Å². The van der Waals surface area contributed by atoms with Crippen LogP contribution in [0.2, 0.25) is 0 Å². The van der Waals surface area contributed by atoms with Gasteiger partial charge in [-0.05, 0) is 11.6 Å². The summed E-state index contributed by atoms with van der Waals surface area (Å²) in [5, 5.41) is 17.5. The Morgan fingerprint density at radius 2 is 1.76 bits per heavy atom. The maximum Gasteiger partial charge on any atom is 0.317 e. The standard InChI is InChI=1S/C14H16N2O5/c17-12(18)8-15(9-13(19)20)5-6-16-7-10-3-1-2-4-11(10)14(16)21/h1-4H,5-9H2,(H,17,18)(H,19,20). The first-order chi connectivity index (χ1) is 9.97. The Labute approximate surface area is 121 Å². The number of benzene rings is 1. The molecule has 0 aliphatic carbocycles. The maximum absolute atomic E-state index is 12.1. The van der Waals surface area contributed by atoms with Crippen LogP contribution in [0.4, 0.5) is 0 Å². The van der Waals surface area contributed by atoms with Gasteiger partial charge in [0, 0.05) is 25.2 Å². The first-order valence-corrected chi connectivity index (χ1v) is 6.50. The van der Waals surface area contributed by atoms with Gasteiger partial charge in [0.1, 0.15) is 0 Å². The summed E-state index contributed by atoms with van der Waals surface area (Å²) in [5.74, 6) is -2.28. The average Bonchev–Trinajstić information content (AvgIpc) is 2.72. The van der Waals surface area contributed by atoms with Crippen LogP contribution in [0.1, 0.15) is 15.9 Å². The van der Waals surface area contributed by atoms with E-state index in [1.54, 1.807) is 17.0 Å². The van der Waals surface area contributed by atoms with E-state index in [1.165, 1.54) is 4.90 Å². The Morgan fingerprint density at radius 1 is 1.14 bits per heavy atom. The number of hydrogen-bond acceptors (Lipinski definition) is 4. The molecule has 21 heavy (non-hydrogen) atoms. The van der Waals surface area contributed by atoms with Crippen LogP contribution >= 0.6 is 0 Å². The van der Waals surface area contributed by atoms with Crippen molar-refractivity contribution in [3.8, 4) is 0 Å². The van der Waals surface area contributed by atoms with Crippen molar-refractivity contribution < 1.29 is 24.6 Å². The van der Waals surface area contributed by atoms with Crippen LogP contribution in [0.15, 0.2) is 24.3 Å². The highest BCUT2D eigenvalue weighted by Crippen LogP contribution is 2.21. The molecule has 1 aromatic carbocycles. The second-order valence-corrected chi connectivity index (χ2v) is 4.88. The number of hydrogen-bond donors (Lipinski definition) is 2. The number of fused-ring (bicyclic) bond motifs is 1. The summed E-state index contributed by atoms with van der Waals surface area (Å²) >= 11 is 0. The molecule has 0 saturated heterocycles. The fraction of sp³-hybridized carbons (Fsp3) is 0.357. The molecule has 2 rings (SSSR count). The van der Waals surface area contributed by atoms with Crippen molar-refractivity contribution in [1.82, 2.24) is 9.80 Å². The molecule has 0 saturated carbocycles. The van der Waals surface area contributed by atoms with Crippen molar-refractivity contribution in [2.45, 2.75) is 6.54 Å². The first-order valence-electron chi connectivity index (χ1n) is 6.50. The van der Waals surface area contributed by atoms with Gasteiger partial charge >= 0.3 is 11.9 Å². The van der Waals surface area contributed by atoms with Crippen LogP contribution < -0.4 is 0 Å². The molecule has 0 unspecified atom stereocenters. The van der Waals surface area contributed by atoms with Gasteiger partial charge in [-0.25, -0.2) is 0 Å². The van der Waals surface area contributed by atoms with Gasteiger partial charge in [-0.3, -0.25) is 19.3 Å². The van der Waals surface area contributed by atoms with Crippen LogP contribution in [0, 0.1) is 0 Å². The van der Waals surface area contributed by atoms with Gasteiger partial charge in [-0.15, -0.1) is 0 Å². The largest absolute Gasteiger partial charge is 0.480 e. The molecule has 0 aromatic heterocycles. The van der Waals surface area contributed by atoms with E-state index in [0.29, 0.717) is 18.7 Å². The zero-order valence-corrected chi connectivity index (χ0v) is 11.4. The van der Waals surface area contributed by atoms with Gasteiger partial charge in [0.15, 0.2) is 0 Å². The van der Waals surface area contributed by atoms with Crippen LogP contribution in [0.5, 0.6) is 0 Å². The lowest BCUT2D eigenvalue weighted by Gasteiger charge is -2.22. The molecule has 7 nitrogen and oxygen atoms in total. The number of nitrogens with zero attached hydrogens (tertiary/aromatic N) is 2. The quantitative estimate of drug-likeness (QED) is 0.740. The second kappa shape index (κ2) is 6.36. The van der Waals surface area contributed by atoms with Crippen LogP contribution in [-0.4, -0.2) is 64.0 Å². The van der Waals surface area contributed by atoms with E-state index >= 15 is 0 Å². The fourth-order valence-electron chi connectivity index (χ4n) is 2.35. The third-order valence-corrected chi connectivity index (χ3v) is 3.30. The summed E-state index contributed by atoms with van der Waals surface area (Å²) in [6, 6.07) is 7.28. The van der Waals surface area contributed by atoms with Gasteiger partial charge < -0.3 is 15.1 Å². The van der Waals surface area contributed by atoms with E-state index in [-0.39, 0.29) is 25.5 Å². The molecular weight excluding hydrogens is 276 g/mol. The molecule has 1 aromatic rings. The fourth-order valence-corrected chi connectivity index (χ4v) is 2.35.